The maximum absolute atomic E-state index is 13.2. The lowest BCUT2D eigenvalue weighted by Crippen LogP contribution is -2.41. The second-order valence-electron chi connectivity index (χ2n) is 9.17. The van der Waals surface area contributed by atoms with Gasteiger partial charge in [0.25, 0.3) is 0 Å². The summed E-state index contributed by atoms with van der Waals surface area (Å²) >= 11 is 0. The Hall–Kier alpha value is -2.81. The van der Waals surface area contributed by atoms with Crippen LogP contribution >= 0.6 is 0 Å². The lowest BCUT2D eigenvalue weighted by molar-refractivity contribution is -0.143. The molecule has 1 amide bonds. The van der Waals surface area contributed by atoms with Gasteiger partial charge in [0, 0.05) is 17.9 Å². The molecule has 1 aliphatic carbocycles. The van der Waals surface area contributed by atoms with Crippen LogP contribution in [-0.2, 0) is 27.3 Å². The van der Waals surface area contributed by atoms with E-state index in [-0.39, 0.29) is 30.1 Å². The monoisotopic (exact) mass is 499 g/mol. The van der Waals surface area contributed by atoms with Crippen molar-refractivity contribution in [1.29, 1.82) is 0 Å². The minimum atomic E-state index is -4.92. The van der Waals surface area contributed by atoms with Crippen LogP contribution in [0.4, 0.5) is 26.3 Å². The zero-order chi connectivity index (χ0) is 26.0. The van der Waals surface area contributed by atoms with Gasteiger partial charge in [0.1, 0.15) is 0 Å². The molecule has 9 heteroatoms. The Bertz CT molecular complexity index is 1040. The molecule has 0 heterocycles. The fourth-order valence-electron chi connectivity index (χ4n) is 4.00. The Morgan fingerprint density at radius 2 is 1.51 bits per heavy atom. The summed E-state index contributed by atoms with van der Waals surface area (Å²) in [5.74, 6) is -0.245. The minimum Gasteiger partial charge on any atom is -0.373 e. The number of carbonyl (C=O) groups excluding carboxylic acids is 1. The molecule has 3 rings (SSSR count). The van der Waals surface area contributed by atoms with Crippen molar-refractivity contribution in [2.75, 3.05) is 13.2 Å². The number of hydrogen-bond donors (Lipinski definition) is 1. The normalized spacial score (nSPS) is 19.2. The third-order valence-corrected chi connectivity index (χ3v) is 6.06. The fourth-order valence-corrected chi connectivity index (χ4v) is 4.00. The maximum Gasteiger partial charge on any atom is 0.416 e. The van der Waals surface area contributed by atoms with E-state index in [1.54, 1.807) is 13.8 Å². The lowest BCUT2D eigenvalue weighted by atomic mass is 9.67. The van der Waals surface area contributed by atoms with Crippen LogP contribution in [0.25, 0.3) is 0 Å². The van der Waals surface area contributed by atoms with Gasteiger partial charge in [-0.15, -0.1) is 0 Å². The summed E-state index contributed by atoms with van der Waals surface area (Å²) in [6.45, 7) is 5.42. The van der Waals surface area contributed by atoms with Gasteiger partial charge in [-0.05, 0) is 42.7 Å². The molecule has 0 saturated heterocycles. The first-order valence-electron chi connectivity index (χ1n) is 11.2. The molecule has 190 valence electrons. The minimum absolute atomic E-state index is 0.0530. The van der Waals surface area contributed by atoms with Gasteiger partial charge in [0.2, 0.25) is 5.91 Å². The molecule has 0 unspecified atom stereocenters. The molecule has 0 aromatic heterocycles. The highest BCUT2D eigenvalue weighted by atomic mass is 19.4. The molecule has 0 saturated carbocycles. The van der Waals surface area contributed by atoms with E-state index in [0.717, 1.165) is 11.1 Å². The molecule has 35 heavy (non-hydrogen) atoms. The average molecular weight is 499 g/mol. The summed E-state index contributed by atoms with van der Waals surface area (Å²) in [7, 11) is 0. The van der Waals surface area contributed by atoms with Crippen molar-refractivity contribution in [3.8, 4) is 0 Å². The van der Waals surface area contributed by atoms with Gasteiger partial charge < -0.3 is 10.1 Å². The number of ether oxygens (including phenoxy) is 1. The second kappa shape index (κ2) is 10.0. The van der Waals surface area contributed by atoms with Crippen molar-refractivity contribution in [2.24, 2.45) is 5.92 Å². The van der Waals surface area contributed by atoms with Crippen molar-refractivity contribution in [3.63, 3.8) is 0 Å². The lowest BCUT2D eigenvalue weighted by Gasteiger charge is -2.41. The fraction of sp³-hybridized carbons (Fsp3) is 0.423. The van der Waals surface area contributed by atoms with Crippen molar-refractivity contribution in [3.05, 3.63) is 82.4 Å². The number of amides is 1. The van der Waals surface area contributed by atoms with Crippen LogP contribution in [0.15, 0.2) is 60.2 Å². The molecule has 0 aliphatic heterocycles. The summed E-state index contributed by atoms with van der Waals surface area (Å²) in [5, 5.41) is 2.84. The molecule has 1 N–H and O–H groups in total. The molecule has 2 atom stereocenters. The number of benzene rings is 2. The van der Waals surface area contributed by atoms with Crippen LogP contribution in [0.3, 0.4) is 0 Å². The number of rotatable bonds is 8. The highest BCUT2D eigenvalue weighted by Gasteiger charge is 2.40. The Kier molecular flexibility index (Phi) is 7.69. The van der Waals surface area contributed by atoms with E-state index >= 15 is 0 Å². The number of carbonyl (C=O) groups is 1. The predicted molar refractivity (Wildman–Crippen MR) is 119 cm³/mol. The van der Waals surface area contributed by atoms with Gasteiger partial charge in [-0.3, -0.25) is 4.79 Å². The van der Waals surface area contributed by atoms with Crippen molar-refractivity contribution in [1.82, 2.24) is 5.32 Å². The standard InChI is InChI=1S/C26H27F6NO2/c1-16(2)23(34)33-14-18-12-24(13-18,20-7-5-4-6-8-20)15-35-17(3)19-9-21(25(27,28)29)11-22(10-19)26(30,31)32/h4-12,16-17H,13-15H2,1-3H3,(H,33,34)/t17-,24+/m1/s1. The van der Waals surface area contributed by atoms with Gasteiger partial charge >= 0.3 is 12.4 Å². The molecule has 0 fully saturated rings. The Balaban J connectivity index is 1.82. The van der Waals surface area contributed by atoms with Crippen molar-refractivity contribution < 1.29 is 35.9 Å². The van der Waals surface area contributed by atoms with Crippen LogP contribution in [0.1, 0.15) is 55.5 Å². The number of halogens is 6. The van der Waals surface area contributed by atoms with E-state index in [4.69, 9.17) is 4.74 Å². The zero-order valence-electron chi connectivity index (χ0n) is 19.6. The highest BCUT2D eigenvalue weighted by molar-refractivity contribution is 5.78. The van der Waals surface area contributed by atoms with E-state index in [2.05, 4.69) is 5.32 Å². The molecular weight excluding hydrogens is 472 g/mol. The Morgan fingerprint density at radius 3 is 2.00 bits per heavy atom. The average Bonchev–Trinajstić information content (AvgIpc) is 2.76. The summed E-state index contributed by atoms with van der Waals surface area (Å²) in [6.07, 6.45) is -8.38. The van der Waals surface area contributed by atoms with Crippen LogP contribution in [0, 0.1) is 5.92 Å². The van der Waals surface area contributed by atoms with E-state index < -0.39 is 35.0 Å². The van der Waals surface area contributed by atoms with Crippen molar-refractivity contribution >= 4 is 5.91 Å². The predicted octanol–water partition coefficient (Wildman–Crippen LogP) is 6.84. The summed E-state index contributed by atoms with van der Waals surface area (Å²) in [5.41, 5.74) is -1.67. The van der Waals surface area contributed by atoms with Gasteiger partial charge in [-0.2, -0.15) is 26.3 Å². The van der Waals surface area contributed by atoms with Crippen LogP contribution in [-0.4, -0.2) is 19.1 Å². The van der Waals surface area contributed by atoms with E-state index in [1.165, 1.54) is 6.92 Å². The Morgan fingerprint density at radius 1 is 0.971 bits per heavy atom. The van der Waals surface area contributed by atoms with Gasteiger partial charge in [-0.1, -0.05) is 55.8 Å². The highest BCUT2D eigenvalue weighted by Crippen LogP contribution is 2.43. The molecule has 0 radical (unpaired) electrons. The molecule has 3 nitrogen and oxygen atoms in total. The third kappa shape index (κ3) is 6.45. The van der Waals surface area contributed by atoms with Gasteiger partial charge in [0.05, 0.1) is 23.8 Å². The van der Waals surface area contributed by atoms with E-state index in [0.29, 0.717) is 25.1 Å². The molecule has 2 aromatic carbocycles. The first kappa shape index (κ1) is 26.8. The van der Waals surface area contributed by atoms with Gasteiger partial charge in [-0.25, -0.2) is 0 Å². The molecule has 1 aliphatic rings. The molecule has 2 aromatic rings. The van der Waals surface area contributed by atoms with E-state index in [1.807, 2.05) is 36.4 Å². The molecule has 0 spiro atoms. The van der Waals surface area contributed by atoms with Crippen LogP contribution in [0.5, 0.6) is 0 Å². The summed E-state index contributed by atoms with van der Waals surface area (Å²) in [4.78, 5) is 11.9. The van der Waals surface area contributed by atoms with Crippen molar-refractivity contribution in [2.45, 2.75) is 51.1 Å². The summed E-state index contributed by atoms with van der Waals surface area (Å²) in [6, 6.07) is 10.8. The number of nitrogens with one attached hydrogen (secondary N) is 1. The SMILES string of the molecule is CC(C)C(=O)NCC1=C[C@](CO[C@H](C)c2cc(C(F)(F)F)cc(C(F)(F)F)c2)(c2ccccc2)C1. The third-order valence-electron chi connectivity index (χ3n) is 6.06. The number of alkyl halides is 6. The van der Waals surface area contributed by atoms with Crippen LogP contribution < -0.4 is 5.32 Å². The quantitative estimate of drug-likeness (QED) is 0.319. The van der Waals surface area contributed by atoms with Crippen LogP contribution in [0.2, 0.25) is 0 Å². The largest absolute Gasteiger partial charge is 0.416 e. The topological polar surface area (TPSA) is 38.3 Å². The number of hydrogen-bond acceptors (Lipinski definition) is 2. The first-order chi connectivity index (χ1) is 16.2. The Labute approximate surface area is 200 Å². The second-order valence-corrected chi connectivity index (χ2v) is 9.17. The molecule has 0 bridgehead atoms. The smallest absolute Gasteiger partial charge is 0.373 e. The molecular formula is C26H27F6NO2. The first-order valence-corrected chi connectivity index (χ1v) is 11.2. The summed E-state index contributed by atoms with van der Waals surface area (Å²) < 4.78 is 85.3. The van der Waals surface area contributed by atoms with E-state index in [9.17, 15) is 31.1 Å². The zero-order valence-corrected chi connectivity index (χ0v) is 19.6. The van der Waals surface area contributed by atoms with Gasteiger partial charge in [0.15, 0.2) is 0 Å². The maximum atomic E-state index is 13.2.